The van der Waals surface area contributed by atoms with Crippen molar-refractivity contribution >= 4 is 20.9 Å². The first-order chi connectivity index (χ1) is 12.0. The van der Waals surface area contributed by atoms with Gasteiger partial charge in [0.15, 0.2) is 11.5 Å². The van der Waals surface area contributed by atoms with Crippen molar-refractivity contribution in [2.24, 2.45) is 0 Å². The molecule has 0 radical (unpaired) electrons. The Labute approximate surface area is 143 Å². The maximum Gasteiger partial charge on any atom is 0.240 e. The molecule has 0 fully saturated rings. The van der Waals surface area contributed by atoms with E-state index < -0.39 is 10.0 Å². The van der Waals surface area contributed by atoms with Crippen molar-refractivity contribution in [1.82, 2.24) is 9.71 Å². The van der Waals surface area contributed by atoms with Crippen molar-refractivity contribution in [1.29, 1.82) is 0 Å². The molecule has 2 aromatic carbocycles. The number of halogens is 1. The van der Waals surface area contributed by atoms with Crippen LogP contribution in [0.2, 0.25) is 0 Å². The Bertz CT molecular complexity index is 1050. The van der Waals surface area contributed by atoms with Crippen LogP contribution in [-0.4, -0.2) is 26.7 Å². The number of hydrogen-bond acceptors (Lipinski definition) is 4. The van der Waals surface area contributed by atoms with E-state index in [1.54, 1.807) is 18.3 Å². The zero-order valence-electron chi connectivity index (χ0n) is 13.1. The summed E-state index contributed by atoms with van der Waals surface area (Å²) in [4.78, 5) is 3.11. The Hall–Kier alpha value is -2.58. The lowest BCUT2D eigenvalue weighted by Gasteiger charge is -2.07. The standard InChI is InChI=1S/C17H15FN2O4S/c18-12-1-3-14-11(9-19-15(14)7-12)5-6-20-25(21,22)13-2-4-16-17(8-13)24-10-23-16/h1-4,7-9,19-20H,5-6,10H2. The molecule has 0 bridgehead atoms. The largest absolute Gasteiger partial charge is 0.454 e. The van der Waals surface area contributed by atoms with E-state index in [-0.39, 0.29) is 24.1 Å². The molecule has 2 heterocycles. The minimum Gasteiger partial charge on any atom is -0.454 e. The molecule has 2 N–H and O–H groups in total. The van der Waals surface area contributed by atoms with E-state index in [0.717, 1.165) is 10.9 Å². The fourth-order valence-electron chi connectivity index (χ4n) is 2.81. The number of sulfonamides is 1. The average Bonchev–Trinajstić information content (AvgIpc) is 3.20. The molecule has 0 saturated carbocycles. The number of benzene rings is 2. The topological polar surface area (TPSA) is 80.4 Å². The molecule has 8 heteroatoms. The predicted octanol–water partition coefficient (Wildman–Crippen LogP) is 2.56. The molecule has 3 aromatic rings. The fourth-order valence-corrected chi connectivity index (χ4v) is 3.86. The molecule has 130 valence electrons. The van der Waals surface area contributed by atoms with Gasteiger partial charge in [0, 0.05) is 29.7 Å². The first kappa shape index (κ1) is 15.9. The van der Waals surface area contributed by atoms with E-state index in [0.29, 0.717) is 23.4 Å². The molecule has 0 amide bonds. The molecule has 1 aliphatic heterocycles. The number of fused-ring (bicyclic) bond motifs is 2. The smallest absolute Gasteiger partial charge is 0.240 e. The number of nitrogens with one attached hydrogen (secondary N) is 2. The van der Waals surface area contributed by atoms with Crippen molar-refractivity contribution in [3.05, 3.63) is 54.0 Å². The van der Waals surface area contributed by atoms with E-state index in [2.05, 4.69) is 9.71 Å². The lowest BCUT2D eigenvalue weighted by atomic mass is 10.1. The van der Waals surface area contributed by atoms with Crippen molar-refractivity contribution in [3.8, 4) is 11.5 Å². The Balaban J connectivity index is 1.46. The highest BCUT2D eigenvalue weighted by Gasteiger charge is 2.20. The zero-order chi connectivity index (χ0) is 17.4. The molecule has 0 aliphatic carbocycles. The Kier molecular flexibility index (Phi) is 3.85. The zero-order valence-corrected chi connectivity index (χ0v) is 13.9. The van der Waals surface area contributed by atoms with Crippen molar-refractivity contribution in [2.75, 3.05) is 13.3 Å². The second-order valence-corrected chi connectivity index (χ2v) is 7.43. The monoisotopic (exact) mass is 362 g/mol. The number of hydrogen-bond donors (Lipinski definition) is 2. The molecule has 0 saturated heterocycles. The first-order valence-corrected chi connectivity index (χ1v) is 9.16. The summed E-state index contributed by atoms with van der Waals surface area (Å²) in [6, 6.07) is 8.98. The van der Waals surface area contributed by atoms with E-state index >= 15 is 0 Å². The van der Waals surface area contributed by atoms with Crippen LogP contribution in [0.5, 0.6) is 11.5 Å². The summed E-state index contributed by atoms with van der Waals surface area (Å²) in [5, 5.41) is 0.878. The van der Waals surface area contributed by atoms with Crippen LogP contribution in [0.1, 0.15) is 5.56 Å². The van der Waals surface area contributed by atoms with Gasteiger partial charge in [-0.05, 0) is 42.3 Å². The Morgan fingerprint density at radius 1 is 1.12 bits per heavy atom. The maximum atomic E-state index is 13.2. The minimum absolute atomic E-state index is 0.0907. The van der Waals surface area contributed by atoms with E-state index in [4.69, 9.17) is 9.47 Å². The molecule has 0 unspecified atom stereocenters. The normalized spacial score (nSPS) is 13.5. The van der Waals surface area contributed by atoms with E-state index in [9.17, 15) is 12.8 Å². The van der Waals surface area contributed by atoms with Gasteiger partial charge in [0.05, 0.1) is 4.90 Å². The van der Waals surface area contributed by atoms with Crippen LogP contribution in [0.3, 0.4) is 0 Å². The summed E-state index contributed by atoms with van der Waals surface area (Å²) in [5.41, 5.74) is 1.61. The Morgan fingerprint density at radius 3 is 2.84 bits per heavy atom. The minimum atomic E-state index is -3.65. The van der Waals surface area contributed by atoms with Gasteiger partial charge in [-0.2, -0.15) is 0 Å². The summed E-state index contributed by atoms with van der Waals surface area (Å²) in [6.45, 7) is 0.314. The lowest BCUT2D eigenvalue weighted by molar-refractivity contribution is 0.174. The SMILES string of the molecule is O=S(=O)(NCCc1c[nH]c2cc(F)ccc12)c1ccc2c(c1)OCO2. The lowest BCUT2D eigenvalue weighted by Crippen LogP contribution is -2.25. The number of ether oxygens (including phenoxy) is 2. The second kappa shape index (κ2) is 6.05. The van der Waals surface area contributed by atoms with Gasteiger partial charge >= 0.3 is 0 Å². The van der Waals surface area contributed by atoms with Gasteiger partial charge in [-0.3, -0.25) is 0 Å². The third-order valence-electron chi connectivity index (χ3n) is 4.07. The number of H-pyrrole nitrogens is 1. The molecular formula is C17H15FN2O4S. The van der Waals surface area contributed by atoms with Crippen molar-refractivity contribution < 1.29 is 22.3 Å². The van der Waals surface area contributed by atoms with Crippen LogP contribution in [-0.2, 0) is 16.4 Å². The first-order valence-electron chi connectivity index (χ1n) is 7.68. The molecule has 6 nitrogen and oxygen atoms in total. The average molecular weight is 362 g/mol. The molecule has 0 atom stereocenters. The summed E-state index contributed by atoms with van der Waals surface area (Å²) in [6.07, 6.45) is 2.24. The van der Waals surface area contributed by atoms with Gasteiger partial charge in [0.25, 0.3) is 0 Å². The quantitative estimate of drug-likeness (QED) is 0.731. The molecule has 1 aliphatic rings. The third-order valence-corrected chi connectivity index (χ3v) is 5.53. The third kappa shape index (κ3) is 3.06. The van der Waals surface area contributed by atoms with E-state index in [1.807, 2.05) is 0 Å². The van der Waals surface area contributed by atoms with Gasteiger partial charge in [-0.25, -0.2) is 17.5 Å². The molecular weight excluding hydrogens is 347 g/mol. The number of aromatic nitrogens is 1. The Morgan fingerprint density at radius 2 is 1.96 bits per heavy atom. The van der Waals surface area contributed by atoms with Crippen LogP contribution in [0, 0.1) is 5.82 Å². The summed E-state index contributed by atoms with van der Waals surface area (Å²) in [7, 11) is -3.65. The van der Waals surface area contributed by atoms with Gasteiger partial charge in [-0.1, -0.05) is 0 Å². The second-order valence-electron chi connectivity index (χ2n) is 5.67. The molecule has 0 spiro atoms. The van der Waals surface area contributed by atoms with Crippen LogP contribution < -0.4 is 14.2 Å². The molecule has 1 aromatic heterocycles. The van der Waals surface area contributed by atoms with Gasteiger partial charge in [-0.15, -0.1) is 0 Å². The fraction of sp³-hybridized carbons (Fsp3) is 0.176. The van der Waals surface area contributed by atoms with Crippen LogP contribution in [0.4, 0.5) is 4.39 Å². The highest BCUT2D eigenvalue weighted by Crippen LogP contribution is 2.33. The van der Waals surface area contributed by atoms with Crippen LogP contribution >= 0.6 is 0 Å². The summed E-state index contributed by atoms with van der Waals surface area (Å²) >= 11 is 0. The van der Waals surface area contributed by atoms with Crippen LogP contribution in [0.25, 0.3) is 10.9 Å². The van der Waals surface area contributed by atoms with Gasteiger partial charge < -0.3 is 14.5 Å². The van der Waals surface area contributed by atoms with Crippen molar-refractivity contribution in [2.45, 2.75) is 11.3 Å². The van der Waals surface area contributed by atoms with Crippen molar-refractivity contribution in [3.63, 3.8) is 0 Å². The number of rotatable bonds is 5. The summed E-state index contributed by atoms with van der Waals surface area (Å²) < 4.78 is 51.0. The van der Waals surface area contributed by atoms with Crippen LogP contribution in [0.15, 0.2) is 47.5 Å². The maximum absolute atomic E-state index is 13.2. The van der Waals surface area contributed by atoms with Gasteiger partial charge in [0.2, 0.25) is 16.8 Å². The summed E-state index contributed by atoms with van der Waals surface area (Å²) in [5.74, 6) is 0.635. The molecule has 25 heavy (non-hydrogen) atoms. The highest BCUT2D eigenvalue weighted by molar-refractivity contribution is 7.89. The predicted molar refractivity (Wildman–Crippen MR) is 89.7 cm³/mol. The van der Waals surface area contributed by atoms with Gasteiger partial charge in [0.1, 0.15) is 5.82 Å². The van der Waals surface area contributed by atoms with E-state index in [1.165, 1.54) is 24.3 Å². The highest BCUT2D eigenvalue weighted by atomic mass is 32.2. The molecule has 4 rings (SSSR count). The number of aromatic amines is 1.